The summed E-state index contributed by atoms with van der Waals surface area (Å²) in [6, 6.07) is 13.9. The van der Waals surface area contributed by atoms with Gasteiger partial charge in [-0.05, 0) is 47.9 Å². The summed E-state index contributed by atoms with van der Waals surface area (Å²) >= 11 is 0. The average Bonchev–Trinajstić information content (AvgIpc) is 2.56. The monoisotopic (exact) mass is 296 g/mol. The van der Waals surface area contributed by atoms with E-state index in [2.05, 4.69) is 44.3 Å². The minimum atomic E-state index is -0.342. The van der Waals surface area contributed by atoms with Crippen LogP contribution < -0.4 is 0 Å². The highest BCUT2D eigenvalue weighted by molar-refractivity contribution is 6.04. The van der Waals surface area contributed by atoms with Crippen molar-refractivity contribution in [2.75, 3.05) is 0 Å². The Bertz CT molecular complexity index is 609. The van der Waals surface area contributed by atoms with E-state index in [4.69, 9.17) is 0 Å². The molecule has 0 aliphatic rings. The Labute approximate surface area is 131 Å². The Morgan fingerprint density at radius 3 is 2.09 bits per heavy atom. The normalized spacial score (nSPS) is 9.36. The third-order valence-electron chi connectivity index (χ3n) is 3.07. The molecule has 2 heteroatoms. The first-order chi connectivity index (χ1) is 10.6. The van der Waals surface area contributed by atoms with Crippen molar-refractivity contribution in [2.24, 2.45) is 0 Å². The third kappa shape index (κ3) is 5.88. The first-order valence-electron chi connectivity index (χ1n) is 7.24. The number of benzene rings is 2. The molecule has 0 aliphatic heterocycles. The number of carbonyl (C=O) groups excluding carboxylic acids is 1. The summed E-state index contributed by atoms with van der Waals surface area (Å²) in [5, 5.41) is 0. The van der Waals surface area contributed by atoms with Crippen LogP contribution in [0.5, 0.6) is 0 Å². The first kappa shape index (κ1) is 17.6. The van der Waals surface area contributed by atoms with Crippen LogP contribution in [-0.2, 0) is 6.42 Å². The molecule has 22 heavy (non-hydrogen) atoms. The van der Waals surface area contributed by atoms with Crippen LogP contribution in [0.3, 0.4) is 0 Å². The van der Waals surface area contributed by atoms with Crippen LogP contribution in [0.2, 0.25) is 0 Å². The lowest BCUT2D eigenvalue weighted by atomic mass is 10.1. The Balaban J connectivity index is 0.000000220. The van der Waals surface area contributed by atoms with E-state index in [0.29, 0.717) is 5.56 Å². The van der Waals surface area contributed by atoms with Crippen LogP contribution in [0, 0.1) is 5.82 Å². The molecule has 0 saturated heterocycles. The SMILES string of the molecule is C=CC(=O)c1ccc(F)cc1.C=Cc1ccc(CCC)cc1. The standard InChI is InChI=1S/C11H14.C9H7FO/c1-3-5-11-8-6-10(4-2)7-9-11;1-2-9(11)7-3-5-8(10)6-4-7/h4,6-9H,2-3,5H2,1H3;2-6H,1H2. The molecule has 1 nitrogen and oxygen atoms in total. The number of halogens is 1. The van der Waals surface area contributed by atoms with Crippen LogP contribution in [0.4, 0.5) is 4.39 Å². The lowest BCUT2D eigenvalue weighted by Gasteiger charge is -1.97. The van der Waals surface area contributed by atoms with Gasteiger partial charge >= 0.3 is 0 Å². The predicted octanol–water partition coefficient (Wildman–Crippen LogP) is 5.48. The van der Waals surface area contributed by atoms with Gasteiger partial charge in [-0.25, -0.2) is 4.39 Å². The molecule has 2 aromatic carbocycles. The van der Waals surface area contributed by atoms with E-state index >= 15 is 0 Å². The van der Waals surface area contributed by atoms with Crippen LogP contribution in [-0.4, -0.2) is 5.78 Å². The Morgan fingerprint density at radius 2 is 1.64 bits per heavy atom. The maximum atomic E-state index is 12.3. The van der Waals surface area contributed by atoms with Crippen molar-refractivity contribution >= 4 is 11.9 Å². The summed E-state index contributed by atoms with van der Waals surface area (Å²) in [5.41, 5.74) is 3.07. The quantitative estimate of drug-likeness (QED) is 0.527. The smallest absolute Gasteiger partial charge is 0.185 e. The number of aryl methyl sites for hydroxylation is 1. The maximum Gasteiger partial charge on any atom is 0.185 e. The van der Waals surface area contributed by atoms with Gasteiger partial charge in [-0.3, -0.25) is 4.79 Å². The van der Waals surface area contributed by atoms with E-state index in [1.807, 2.05) is 6.08 Å². The molecule has 0 atom stereocenters. The van der Waals surface area contributed by atoms with Gasteiger partial charge in [0.1, 0.15) is 5.82 Å². The van der Waals surface area contributed by atoms with E-state index in [-0.39, 0.29) is 11.6 Å². The zero-order chi connectivity index (χ0) is 16.4. The molecule has 0 aliphatic carbocycles. The molecule has 0 heterocycles. The lowest BCUT2D eigenvalue weighted by Crippen LogP contribution is -1.92. The van der Waals surface area contributed by atoms with Gasteiger partial charge in [0.05, 0.1) is 0 Å². The molecule has 0 fully saturated rings. The summed E-state index contributed by atoms with van der Waals surface area (Å²) in [6.45, 7) is 9.22. The summed E-state index contributed by atoms with van der Waals surface area (Å²) in [7, 11) is 0. The Kier molecular flexibility index (Phi) is 7.55. The summed E-state index contributed by atoms with van der Waals surface area (Å²) in [5.74, 6) is -0.532. The fourth-order valence-electron chi connectivity index (χ4n) is 1.84. The summed E-state index contributed by atoms with van der Waals surface area (Å²) in [6.07, 6.45) is 5.47. The zero-order valence-electron chi connectivity index (χ0n) is 12.9. The molecular formula is C20H21FO. The highest BCUT2D eigenvalue weighted by Crippen LogP contribution is 2.07. The van der Waals surface area contributed by atoms with Gasteiger partial charge < -0.3 is 0 Å². The second kappa shape index (κ2) is 9.46. The third-order valence-corrected chi connectivity index (χ3v) is 3.07. The van der Waals surface area contributed by atoms with Crippen LogP contribution in [0.25, 0.3) is 6.08 Å². The van der Waals surface area contributed by atoms with Crippen molar-refractivity contribution in [3.05, 3.63) is 90.3 Å². The molecule has 0 aromatic heterocycles. The van der Waals surface area contributed by atoms with Gasteiger partial charge in [-0.15, -0.1) is 0 Å². The fourth-order valence-corrected chi connectivity index (χ4v) is 1.84. The van der Waals surface area contributed by atoms with E-state index in [9.17, 15) is 9.18 Å². The Morgan fingerprint density at radius 1 is 1.05 bits per heavy atom. The van der Waals surface area contributed by atoms with Gasteiger partial charge in [0, 0.05) is 5.56 Å². The van der Waals surface area contributed by atoms with E-state index in [1.165, 1.54) is 54.3 Å². The second-order valence-corrected chi connectivity index (χ2v) is 4.77. The van der Waals surface area contributed by atoms with Gasteiger partial charge in [0.15, 0.2) is 5.78 Å². The predicted molar refractivity (Wildman–Crippen MR) is 91.5 cm³/mol. The summed E-state index contributed by atoms with van der Waals surface area (Å²) < 4.78 is 12.3. The van der Waals surface area contributed by atoms with Crippen molar-refractivity contribution < 1.29 is 9.18 Å². The van der Waals surface area contributed by atoms with Crippen LogP contribution >= 0.6 is 0 Å². The number of hydrogen-bond acceptors (Lipinski definition) is 1. The largest absolute Gasteiger partial charge is 0.289 e. The van der Waals surface area contributed by atoms with Crippen molar-refractivity contribution in [2.45, 2.75) is 19.8 Å². The van der Waals surface area contributed by atoms with Crippen LogP contribution in [0.15, 0.2) is 67.8 Å². The fraction of sp³-hybridized carbons (Fsp3) is 0.150. The number of hydrogen-bond donors (Lipinski definition) is 0. The number of carbonyl (C=O) groups is 1. The van der Waals surface area contributed by atoms with Crippen LogP contribution in [0.1, 0.15) is 34.8 Å². The Hall–Kier alpha value is -2.48. The topological polar surface area (TPSA) is 17.1 Å². The second-order valence-electron chi connectivity index (χ2n) is 4.77. The molecule has 2 rings (SSSR count). The molecule has 2 aromatic rings. The highest BCUT2D eigenvalue weighted by atomic mass is 19.1. The van der Waals surface area contributed by atoms with Crippen molar-refractivity contribution in [1.82, 2.24) is 0 Å². The van der Waals surface area contributed by atoms with Crippen molar-refractivity contribution in [3.63, 3.8) is 0 Å². The van der Waals surface area contributed by atoms with E-state index in [1.54, 1.807) is 0 Å². The molecule has 0 N–H and O–H groups in total. The average molecular weight is 296 g/mol. The minimum Gasteiger partial charge on any atom is -0.289 e. The molecule has 0 saturated carbocycles. The highest BCUT2D eigenvalue weighted by Gasteiger charge is 1.98. The van der Waals surface area contributed by atoms with Gasteiger partial charge in [-0.2, -0.15) is 0 Å². The van der Waals surface area contributed by atoms with Crippen molar-refractivity contribution in [3.8, 4) is 0 Å². The lowest BCUT2D eigenvalue weighted by molar-refractivity contribution is 0.104. The number of allylic oxidation sites excluding steroid dienone is 1. The van der Waals surface area contributed by atoms with Gasteiger partial charge in [-0.1, -0.05) is 56.8 Å². The molecule has 0 spiro atoms. The molecule has 0 unspecified atom stereocenters. The zero-order valence-corrected chi connectivity index (χ0v) is 12.9. The van der Waals surface area contributed by atoms with Gasteiger partial charge in [0.25, 0.3) is 0 Å². The molecule has 0 amide bonds. The molecule has 0 radical (unpaired) electrons. The minimum absolute atomic E-state index is 0.190. The first-order valence-corrected chi connectivity index (χ1v) is 7.24. The van der Waals surface area contributed by atoms with E-state index < -0.39 is 0 Å². The maximum absolute atomic E-state index is 12.3. The number of rotatable bonds is 5. The number of ketones is 1. The molecular weight excluding hydrogens is 275 g/mol. The van der Waals surface area contributed by atoms with E-state index in [0.717, 1.165) is 0 Å². The molecule has 0 bridgehead atoms. The summed E-state index contributed by atoms with van der Waals surface area (Å²) in [4.78, 5) is 10.9. The van der Waals surface area contributed by atoms with Crippen molar-refractivity contribution in [1.29, 1.82) is 0 Å². The van der Waals surface area contributed by atoms with Gasteiger partial charge in [0.2, 0.25) is 0 Å². The molecule has 114 valence electrons.